The number of benzene rings is 4. The summed E-state index contributed by atoms with van der Waals surface area (Å²) in [6.45, 7) is 10.5. The number of nitrogens with zero attached hydrogens (tertiary/aromatic N) is 3. The van der Waals surface area contributed by atoms with Crippen LogP contribution in [0.5, 0.6) is 0 Å². The molecule has 1 unspecified atom stereocenters. The molecule has 0 spiro atoms. The first-order valence-electron chi connectivity index (χ1n) is 16.7. The summed E-state index contributed by atoms with van der Waals surface area (Å²) < 4.78 is 13.3. The second-order valence-electron chi connectivity index (χ2n) is 12.5. The molecule has 1 aliphatic rings. The van der Waals surface area contributed by atoms with Gasteiger partial charge in [-0.3, -0.25) is 9.69 Å². The summed E-state index contributed by atoms with van der Waals surface area (Å²) in [5.41, 5.74) is 4.99. The molecule has 1 fully saturated rings. The Labute approximate surface area is 286 Å². The predicted molar refractivity (Wildman–Crippen MR) is 190 cm³/mol. The summed E-state index contributed by atoms with van der Waals surface area (Å²) in [7, 11) is 0. The van der Waals surface area contributed by atoms with Crippen LogP contribution in [0.3, 0.4) is 0 Å². The van der Waals surface area contributed by atoms with Crippen LogP contribution in [0.1, 0.15) is 64.6 Å². The summed E-state index contributed by atoms with van der Waals surface area (Å²) >= 11 is 0. The first-order chi connectivity index (χ1) is 23.7. The largest absolute Gasteiger partial charge is 0.462 e. The molecular formula is C40H41N3O6. The molecule has 1 saturated heterocycles. The van der Waals surface area contributed by atoms with Crippen LogP contribution in [0.15, 0.2) is 96.2 Å². The van der Waals surface area contributed by atoms with E-state index < -0.39 is 17.5 Å². The molecule has 0 aliphatic carbocycles. The Kier molecular flexibility index (Phi) is 10.0. The number of aromatic nitrogens is 1. The molecule has 1 atom stereocenters. The average molecular weight is 660 g/mol. The highest BCUT2D eigenvalue weighted by molar-refractivity contribution is 6.16. The van der Waals surface area contributed by atoms with Crippen LogP contribution in [0.4, 0.5) is 0 Å². The van der Waals surface area contributed by atoms with E-state index in [1.807, 2.05) is 78.6 Å². The lowest BCUT2D eigenvalue weighted by Crippen LogP contribution is -2.57. The fourth-order valence-corrected chi connectivity index (χ4v) is 6.50. The van der Waals surface area contributed by atoms with E-state index in [-0.39, 0.29) is 18.8 Å². The SMILES string of the molecule is CCn1c2ccc(C(=O)c3ccccc3C)cc2c2cc(/C(C)=N/OC(=O)C(C)(CCOC(=O)c3ccccc3)N3CCOCC3)ccc21. The Balaban J connectivity index is 1.25. The maximum atomic E-state index is 13.7. The molecule has 5 aromatic rings. The Morgan fingerprint density at radius 1 is 0.837 bits per heavy atom. The number of esters is 1. The van der Waals surface area contributed by atoms with Crippen LogP contribution in [-0.4, -0.2) is 71.3 Å². The summed E-state index contributed by atoms with van der Waals surface area (Å²) in [4.78, 5) is 47.4. The van der Waals surface area contributed by atoms with Crippen molar-refractivity contribution in [3.8, 4) is 0 Å². The topological polar surface area (TPSA) is 99.4 Å². The predicted octanol–water partition coefficient (Wildman–Crippen LogP) is 6.96. The van der Waals surface area contributed by atoms with Crippen LogP contribution in [-0.2, 0) is 25.7 Å². The molecule has 0 N–H and O–H groups in total. The number of ketones is 1. The second kappa shape index (κ2) is 14.6. The quantitative estimate of drug-likeness (QED) is 0.0497. The third-order valence-electron chi connectivity index (χ3n) is 9.50. The lowest BCUT2D eigenvalue weighted by molar-refractivity contribution is -0.162. The van der Waals surface area contributed by atoms with Gasteiger partial charge in [-0.1, -0.05) is 53.7 Å². The van der Waals surface area contributed by atoms with Crippen molar-refractivity contribution in [3.63, 3.8) is 0 Å². The molecule has 0 bridgehead atoms. The van der Waals surface area contributed by atoms with Gasteiger partial charge in [0.05, 0.1) is 31.1 Å². The van der Waals surface area contributed by atoms with Crippen LogP contribution >= 0.6 is 0 Å². The zero-order valence-electron chi connectivity index (χ0n) is 28.4. The molecule has 49 heavy (non-hydrogen) atoms. The van der Waals surface area contributed by atoms with E-state index in [0.29, 0.717) is 48.7 Å². The minimum Gasteiger partial charge on any atom is -0.462 e. The lowest BCUT2D eigenvalue weighted by atomic mass is 9.95. The Morgan fingerprint density at radius 3 is 2.14 bits per heavy atom. The highest BCUT2D eigenvalue weighted by atomic mass is 16.7. The van der Waals surface area contributed by atoms with Gasteiger partial charge in [0.1, 0.15) is 5.54 Å². The third-order valence-corrected chi connectivity index (χ3v) is 9.50. The zero-order valence-corrected chi connectivity index (χ0v) is 28.4. The number of carbonyl (C=O) groups is 3. The molecule has 252 valence electrons. The minimum atomic E-state index is -1.09. The molecule has 6 rings (SSSR count). The highest BCUT2D eigenvalue weighted by Crippen LogP contribution is 2.32. The van der Waals surface area contributed by atoms with Crippen molar-refractivity contribution in [1.82, 2.24) is 9.47 Å². The van der Waals surface area contributed by atoms with E-state index in [1.165, 1.54) is 0 Å². The highest BCUT2D eigenvalue weighted by Gasteiger charge is 2.42. The van der Waals surface area contributed by atoms with E-state index in [0.717, 1.165) is 39.5 Å². The monoisotopic (exact) mass is 659 g/mol. The number of ether oxygens (including phenoxy) is 2. The summed E-state index contributed by atoms with van der Waals surface area (Å²) in [5, 5.41) is 6.24. The Bertz CT molecular complexity index is 2040. The average Bonchev–Trinajstić information content (AvgIpc) is 3.46. The van der Waals surface area contributed by atoms with Gasteiger partial charge in [-0.15, -0.1) is 0 Å². The number of hydrogen-bond donors (Lipinski definition) is 0. The van der Waals surface area contributed by atoms with Crippen molar-refractivity contribution in [2.75, 3.05) is 32.9 Å². The van der Waals surface area contributed by atoms with Gasteiger partial charge in [-0.05, 0) is 81.3 Å². The van der Waals surface area contributed by atoms with Crippen LogP contribution in [0.2, 0.25) is 0 Å². The molecule has 9 nitrogen and oxygen atoms in total. The third kappa shape index (κ3) is 6.90. The second-order valence-corrected chi connectivity index (χ2v) is 12.5. The smallest absolute Gasteiger partial charge is 0.354 e. The molecule has 1 aromatic heterocycles. The van der Waals surface area contributed by atoms with Crippen LogP contribution in [0.25, 0.3) is 21.8 Å². The van der Waals surface area contributed by atoms with Gasteiger partial charge in [-0.25, -0.2) is 9.59 Å². The maximum Gasteiger partial charge on any atom is 0.354 e. The molecule has 2 heterocycles. The summed E-state index contributed by atoms with van der Waals surface area (Å²) in [5.74, 6) is -0.998. The molecule has 4 aromatic carbocycles. The normalized spacial score (nSPS) is 15.2. The van der Waals surface area contributed by atoms with Crippen LogP contribution < -0.4 is 0 Å². The fraction of sp³-hybridized carbons (Fsp3) is 0.300. The first-order valence-corrected chi connectivity index (χ1v) is 16.7. The number of hydrogen-bond acceptors (Lipinski definition) is 8. The van der Waals surface area contributed by atoms with Crippen molar-refractivity contribution in [3.05, 3.63) is 119 Å². The molecule has 0 amide bonds. The molecule has 1 aliphatic heterocycles. The molecule has 9 heteroatoms. The number of aryl methyl sites for hydroxylation is 2. The van der Waals surface area contributed by atoms with Crippen molar-refractivity contribution >= 4 is 45.2 Å². The van der Waals surface area contributed by atoms with Crippen molar-refractivity contribution in [2.45, 2.75) is 46.2 Å². The van der Waals surface area contributed by atoms with E-state index in [2.05, 4.69) is 16.6 Å². The van der Waals surface area contributed by atoms with Gasteiger partial charge >= 0.3 is 11.9 Å². The number of oxime groups is 1. The van der Waals surface area contributed by atoms with Gasteiger partial charge in [0.2, 0.25) is 0 Å². The van der Waals surface area contributed by atoms with Crippen LogP contribution in [0, 0.1) is 6.92 Å². The number of carbonyl (C=O) groups excluding carboxylic acids is 3. The Morgan fingerprint density at radius 2 is 1.47 bits per heavy atom. The van der Waals surface area contributed by atoms with Gasteiger partial charge in [-0.2, -0.15) is 0 Å². The molecule has 0 saturated carbocycles. The number of rotatable bonds is 11. The number of morpholine rings is 1. The van der Waals surface area contributed by atoms with E-state index in [1.54, 1.807) is 38.1 Å². The Hall–Kier alpha value is -5.12. The van der Waals surface area contributed by atoms with Gasteiger partial charge < -0.3 is 18.9 Å². The van der Waals surface area contributed by atoms with Gasteiger partial charge in [0.25, 0.3) is 0 Å². The summed E-state index contributed by atoms with van der Waals surface area (Å²) in [6.07, 6.45) is 0.227. The lowest BCUT2D eigenvalue weighted by Gasteiger charge is -2.40. The molecule has 0 radical (unpaired) electrons. The van der Waals surface area contributed by atoms with Crippen molar-refractivity contribution in [2.24, 2.45) is 5.16 Å². The van der Waals surface area contributed by atoms with Gasteiger partial charge in [0, 0.05) is 59.0 Å². The number of fused-ring (bicyclic) bond motifs is 3. The first kappa shape index (κ1) is 33.8. The standard InChI is InChI=1S/C40H41N3O6/c1-5-43-35-17-15-30(25-33(35)34-26-31(16-18-36(34)43)37(44)32-14-10-9-11-27(32)2)28(3)41-49-39(46)40(4,42-20-23-47-24-21-42)19-22-48-38(45)29-12-7-6-8-13-29/h6-18,25-26H,5,19-24H2,1-4H3/b41-28+. The fourth-order valence-electron chi connectivity index (χ4n) is 6.50. The van der Waals surface area contributed by atoms with Gasteiger partial charge in [0.15, 0.2) is 5.78 Å². The van der Waals surface area contributed by atoms with E-state index >= 15 is 0 Å². The zero-order chi connectivity index (χ0) is 34.5. The maximum absolute atomic E-state index is 13.7. The van der Waals surface area contributed by atoms with E-state index in [4.69, 9.17) is 14.3 Å². The minimum absolute atomic E-state index is 0.0173. The van der Waals surface area contributed by atoms with Crippen molar-refractivity contribution in [1.29, 1.82) is 0 Å². The van der Waals surface area contributed by atoms with E-state index in [9.17, 15) is 14.4 Å². The van der Waals surface area contributed by atoms with Crippen molar-refractivity contribution < 1.29 is 28.7 Å². The summed E-state index contributed by atoms with van der Waals surface area (Å²) in [6, 6.07) is 28.3. The molecular weight excluding hydrogens is 618 g/mol.